The van der Waals surface area contributed by atoms with Crippen LogP contribution in [0.5, 0.6) is 5.75 Å². The van der Waals surface area contributed by atoms with E-state index < -0.39 is 28.2 Å². The number of hydrogen-bond donors (Lipinski definition) is 2. The zero-order valence-corrected chi connectivity index (χ0v) is 22.6. The number of aliphatic hydroxyl groups is 1. The molecule has 1 amide bonds. The van der Waals surface area contributed by atoms with Gasteiger partial charge < -0.3 is 20.1 Å². The Morgan fingerprint density at radius 1 is 1.18 bits per heavy atom. The minimum absolute atomic E-state index is 0.0914. The molecule has 212 valence electrons. The van der Waals surface area contributed by atoms with Gasteiger partial charge in [-0.25, -0.2) is 17.7 Å². The maximum absolute atomic E-state index is 13.1. The molecule has 9 nitrogen and oxygen atoms in total. The monoisotopic (exact) mass is 568 g/mol. The molecule has 13 heteroatoms. The van der Waals surface area contributed by atoms with Gasteiger partial charge in [-0.05, 0) is 73.7 Å². The van der Waals surface area contributed by atoms with E-state index in [0.29, 0.717) is 36.2 Å². The molecule has 1 atom stereocenters. The Kier molecular flexibility index (Phi) is 7.97. The van der Waals surface area contributed by atoms with Gasteiger partial charge in [0.2, 0.25) is 10.0 Å². The third-order valence-corrected chi connectivity index (χ3v) is 8.98. The standard InChI is InChI=1S/C26H31F3N4O5S/c1-17-16-20(23(34)32(2)3)5-4-18(17)10-15-39(36,37)33-13-11-25(12-14-33)24(35)30-22(31-25)19-6-8-21(9-7-19)38-26(27,28)29/h4-9,16,24,35H,10-15H2,1-3H3,(H,30,31). The van der Waals surface area contributed by atoms with Crippen molar-refractivity contribution in [3.63, 3.8) is 0 Å². The molecule has 1 unspecified atom stereocenters. The van der Waals surface area contributed by atoms with Crippen molar-refractivity contribution in [3.8, 4) is 5.75 Å². The van der Waals surface area contributed by atoms with Crippen LogP contribution in [0, 0.1) is 6.92 Å². The van der Waals surface area contributed by atoms with Crippen LogP contribution in [0.1, 0.15) is 39.9 Å². The second kappa shape index (κ2) is 10.8. The van der Waals surface area contributed by atoms with E-state index in [0.717, 1.165) is 23.3 Å². The number of carbonyl (C=O) groups excluding carboxylic acids is 1. The molecule has 0 aromatic heterocycles. The summed E-state index contributed by atoms with van der Waals surface area (Å²) >= 11 is 0. The molecular formula is C26H31F3N4O5S. The van der Waals surface area contributed by atoms with Crippen molar-refractivity contribution < 1.29 is 36.2 Å². The van der Waals surface area contributed by atoms with Crippen LogP contribution in [0.3, 0.4) is 0 Å². The average molecular weight is 569 g/mol. The van der Waals surface area contributed by atoms with Crippen LogP contribution in [0.15, 0.2) is 47.5 Å². The Morgan fingerprint density at radius 3 is 2.38 bits per heavy atom. The first kappa shape index (κ1) is 28.8. The molecule has 1 fully saturated rings. The quantitative estimate of drug-likeness (QED) is 0.532. The molecule has 0 bridgehead atoms. The van der Waals surface area contributed by atoms with Crippen molar-refractivity contribution in [1.82, 2.24) is 14.5 Å². The number of carbonyl (C=O) groups is 1. The number of nitrogens with one attached hydrogen (secondary N) is 1. The van der Waals surface area contributed by atoms with E-state index in [1.165, 1.54) is 21.3 Å². The molecule has 4 rings (SSSR count). The number of amides is 1. The number of rotatable bonds is 7. The number of aryl methyl sites for hydroxylation is 2. The average Bonchev–Trinajstić information content (AvgIpc) is 3.17. The molecule has 39 heavy (non-hydrogen) atoms. The van der Waals surface area contributed by atoms with Gasteiger partial charge in [-0.1, -0.05) is 6.07 Å². The highest BCUT2D eigenvalue weighted by molar-refractivity contribution is 7.89. The van der Waals surface area contributed by atoms with Crippen molar-refractivity contribution in [2.45, 2.75) is 44.3 Å². The van der Waals surface area contributed by atoms with Crippen molar-refractivity contribution in [2.75, 3.05) is 32.9 Å². The van der Waals surface area contributed by atoms with Crippen LogP contribution in [0.2, 0.25) is 0 Å². The predicted octanol–water partition coefficient (Wildman–Crippen LogP) is 2.67. The summed E-state index contributed by atoms with van der Waals surface area (Å²) in [5, 5.41) is 13.9. The van der Waals surface area contributed by atoms with Gasteiger partial charge in [0.15, 0.2) is 6.23 Å². The number of nitrogens with zero attached hydrogens (tertiary/aromatic N) is 3. The van der Waals surface area contributed by atoms with E-state index in [9.17, 15) is 31.5 Å². The zero-order valence-electron chi connectivity index (χ0n) is 21.8. The summed E-state index contributed by atoms with van der Waals surface area (Å²) in [5.74, 6) is -0.260. The molecule has 0 aliphatic carbocycles. The lowest BCUT2D eigenvalue weighted by molar-refractivity contribution is -0.274. The number of aliphatic imine (C=N–C) groups is 1. The van der Waals surface area contributed by atoms with Crippen LogP contribution in [-0.2, 0) is 16.4 Å². The molecule has 0 radical (unpaired) electrons. The van der Waals surface area contributed by atoms with Crippen LogP contribution in [-0.4, -0.2) is 85.5 Å². The molecule has 1 saturated heterocycles. The molecule has 2 aromatic carbocycles. The summed E-state index contributed by atoms with van der Waals surface area (Å²) in [5.41, 5.74) is 1.84. The fourth-order valence-electron chi connectivity index (χ4n) is 4.82. The predicted molar refractivity (Wildman–Crippen MR) is 139 cm³/mol. The van der Waals surface area contributed by atoms with E-state index in [1.807, 2.05) is 6.92 Å². The van der Waals surface area contributed by atoms with Crippen LogP contribution >= 0.6 is 0 Å². The second-order valence-electron chi connectivity index (χ2n) is 10.0. The van der Waals surface area contributed by atoms with Crippen LogP contribution in [0.4, 0.5) is 13.2 Å². The summed E-state index contributed by atoms with van der Waals surface area (Å²) in [6.07, 6.45) is -5.02. The number of ether oxygens (including phenoxy) is 1. The SMILES string of the molecule is Cc1cc(C(=O)N(C)C)ccc1CCS(=O)(=O)N1CCC2(CC1)NC(c1ccc(OC(F)(F)F)cc1)=NC2O. The molecular weight excluding hydrogens is 537 g/mol. The van der Waals surface area contributed by atoms with Gasteiger partial charge >= 0.3 is 6.36 Å². The number of benzene rings is 2. The van der Waals surface area contributed by atoms with Gasteiger partial charge in [0, 0.05) is 38.3 Å². The Balaban J connectivity index is 1.34. The second-order valence-corrected chi connectivity index (χ2v) is 12.1. The van der Waals surface area contributed by atoms with Gasteiger partial charge in [0.1, 0.15) is 11.6 Å². The maximum atomic E-state index is 13.1. The van der Waals surface area contributed by atoms with Gasteiger partial charge in [0.05, 0.1) is 11.3 Å². The highest BCUT2D eigenvalue weighted by Crippen LogP contribution is 2.33. The molecule has 2 heterocycles. The van der Waals surface area contributed by atoms with Crippen LogP contribution < -0.4 is 10.1 Å². The molecule has 2 aliphatic heterocycles. The maximum Gasteiger partial charge on any atom is 0.573 e. The lowest BCUT2D eigenvalue weighted by atomic mass is 9.87. The van der Waals surface area contributed by atoms with E-state index in [1.54, 1.807) is 32.3 Å². The van der Waals surface area contributed by atoms with Gasteiger partial charge in [-0.3, -0.25) is 4.79 Å². The Bertz CT molecular complexity index is 1350. The molecule has 2 aliphatic rings. The molecule has 2 N–H and O–H groups in total. The third kappa shape index (κ3) is 6.53. The van der Waals surface area contributed by atoms with E-state index in [2.05, 4.69) is 15.0 Å². The lowest BCUT2D eigenvalue weighted by Gasteiger charge is -2.40. The lowest BCUT2D eigenvalue weighted by Crippen LogP contribution is -2.58. The zero-order chi connectivity index (χ0) is 28.6. The van der Waals surface area contributed by atoms with E-state index in [4.69, 9.17) is 0 Å². The number of halogens is 3. The molecule has 1 spiro atoms. The first-order valence-corrected chi connectivity index (χ1v) is 14.0. The van der Waals surface area contributed by atoms with Gasteiger partial charge in [-0.2, -0.15) is 0 Å². The number of piperidine rings is 1. The van der Waals surface area contributed by atoms with Gasteiger partial charge in [-0.15, -0.1) is 13.2 Å². The summed E-state index contributed by atoms with van der Waals surface area (Å²) in [4.78, 5) is 17.9. The Hall–Kier alpha value is -3.16. The van der Waals surface area contributed by atoms with Crippen molar-refractivity contribution in [1.29, 1.82) is 0 Å². The minimum atomic E-state index is -4.80. The number of alkyl halides is 3. The first-order valence-electron chi connectivity index (χ1n) is 12.4. The minimum Gasteiger partial charge on any atom is -0.406 e. The Labute approximate surface area is 225 Å². The van der Waals surface area contributed by atoms with Crippen molar-refractivity contribution >= 4 is 21.8 Å². The third-order valence-electron chi connectivity index (χ3n) is 7.11. The molecule has 2 aromatic rings. The van der Waals surface area contributed by atoms with Crippen LogP contribution in [0.25, 0.3) is 0 Å². The van der Waals surface area contributed by atoms with Crippen molar-refractivity contribution in [2.24, 2.45) is 4.99 Å². The largest absolute Gasteiger partial charge is 0.573 e. The number of aliphatic hydroxyl groups excluding tert-OH is 1. The number of sulfonamides is 1. The smallest absolute Gasteiger partial charge is 0.406 e. The van der Waals surface area contributed by atoms with Crippen molar-refractivity contribution in [3.05, 3.63) is 64.7 Å². The van der Waals surface area contributed by atoms with E-state index in [-0.39, 0.29) is 30.5 Å². The Morgan fingerprint density at radius 2 is 1.82 bits per heavy atom. The topological polar surface area (TPSA) is 112 Å². The molecule has 0 saturated carbocycles. The summed E-state index contributed by atoms with van der Waals surface area (Å²) in [6, 6.07) is 10.4. The van der Waals surface area contributed by atoms with Gasteiger partial charge in [0.25, 0.3) is 5.91 Å². The normalized spacial score (nSPS) is 19.5. The fraction of sp³-hybridized carbons (Fsp3) is 0.462. The summed E-state index contributed by atoms with van der Waals surface area (Å²) in [6.45, 7) is 2.21. The number of amidine groups is 1. The fourth-order valence-corrected chi connectivity index (χ4v) is 6.30. The summed E-state index contributed by atoms with van der Waals surface area (Å²) in [7, 11) is -0.244. The first-order chi connectivity index (χ1) is 18.2. The highest BCUT2D eigenvalue weighted by Gasteiger charge is 2.47. The summed E-state index contributed by atoms with van der Waals surface area (Å²) < 4.78 is 68.7. The van der Waals surface area contributed by atoms with E-state index >= 15 is 0 Å². The number of hydrogen-bond acceptors (Lipinski definition) is 7. The highest BCUT2D eigenvalue weighted by atomic mass is 32.2.